The SMILES string of the molecule is COC(C)(C)c1nnc(CCCl)s1. The Labute approximate surface area is 87.1 Å². The van der Waals surface area contributed by atoms with Gasteiger partial charge in [-0.3, -0.25) is 0 Å². The monoisotopic (exact) mass is 220 g/mol. The molecular weight excluding hydrogens is 208 g/mol. The van der Waals surface area contributed by atoms with Crippen molar-refractivity contribution in [1.82, 2.24) is 10.2 Å². The van der Waals surface area contributed by atoms with E-state index in [1.807, 2.05) is 13.8 Å². The van der Waals surface area contributed by atoms with Gasteiger partial charge in [0.2, 0.25) is 0 Å². The van der Waals surface area contributed by atoms with E-state index in [1.165, 1.54) is 0 Å². The van der Waals surface area contributed by atoms with Gasteiger partial charge in [-0.1, -0.05) is 11.3 Å². The molecule has 13 heavy (non-hydrogen) atoms. The van der Waals surface area contributed by atoms with Crippen LogP contribution in [0.15, 0.2) is 0 Å². The normalized spacial score (nSPS) is 12.0. The van der Waals surface area contributed by atoms with Crippen LogP contribution in [0.25, 0.3) is 0 Å². The molecule has 0 aliphatic heterocycles. The van der Waals surface area contributed by atoms with Crippen molar-refractivity contribution in [2.45, 2.75) is 25.9 Å². The summed E-state index contributed by atoms with van der Waals surface area (Å²) >= 11 is 7.16. The van der Waals surface area contributed by atoms with Crippen LogP contribution in [0.3, 0.4) is 0 Å². The van der Waals surface area contributed by atoms with Gasteiger partial charge in [0, 0.05) is 19.4 Å². The molecule has 1 rings (SSSR count). The summed E-state index contributed by atoms with van der Waals surface area (Å²) < 4.78 is 5.29. The van der Waals surface area contributed by atoms with Crippen LogP contribution < -0.4 is 0 Å². The average molecular weight is 221 g/mol. The number of ether oxygens (including phenoxy) is 1. The molecule has 0 aliphatic carbocycles. The van der Waals surface area contributed by atoms with Crippen LogP contribution in [0.1, 0.15) is 23.9 Å². The van der Waals surface area contributed by atoms with Crippen molar-refractivity contribution in [3.05, 3.63) is 10.0 Å². The average Bonchev–Trinajstić information content (AvgIpc) is 2.54. The molecule has 3 nitrogen and oxygen atoms in total. The van der Waals surface area contributed by atoms with E-state index in [4.69, 9.17) is 16.3 Å². The van der Waals surface area contributed by atoms with Gasteiger partial charge < -0.3 is 4.74 Å². The molecular formula is C8H13ClN2OS. The summed E-state index contributed by atoms with van der Waals surface area (Å²) in [7, 11) is 1.67. The lowest BCUT2D eigenvalue weighted by Gasteiger charge is -2.18. The Kier molecular flexibility index (Phi) is 3.64. The summed E-state index contributed by atoms with van der Waals surface area (Å²) in [5.41, 5.74) is -0.345. The van der Waals surface area contributed by atoms with Gasteiger partial charge in [0.15, 0.2) is 0 Å². The van der Waals surface area contributed by atoms with Gasteiger partial charge in [-0.15, -0.1) is 21.8 Å². The second-order valence-electron chi connectivity index (χ2n) is 3.15. The zero-order chi connectivity index (χ0) is 9.90. The van der Waals surface area contributed by atoms with Crippen LogP contribution >= 0.6 is 22.9 Å². The maximum Gasteiger partial charge on any atom is 0.148 e. The first-order valence-electron chi connectivity index (χ1n) is 4.04. The van der Waals surface area contributed by atoms with Gasteiger partial charge in [-0.25, -0.2) is 0 Å². The van der Waals surface area contributed by atoms with E-state index in [2.05, 4.69) is 10.2 Å². The quantitative estimate of drug-likeness (QED) is 0.730. The minimum absolute atomic E-state index is 0.345. The van der Waals surface area contributed by atoms with Crippen molar-refractivity contribution in [1.29, 1.82) is 0 Å². The number of aromatic nitrogens is 2. The molecule has 0 saturated carbocycles. The Bertz CT molecular complexity index is 275. The van der Waals surface area contributed by atoms with Crippen molar-refractivity contribution in [3.63, 3.8) is 0 Å². The van der Waals surface area contributed by atoms with Gasteiger partial charge in [0.1, 0.15) is 15.6 Å². The number of rotatable bonds is 4. The molecule has 5 heteroatoms. The van der Waals surface area contributed by atoms with E-state index >= 15 is 0 Å². The summed E-state index contributed by atoms with van der Waals surface area (Å²) in [6.07, 6.45) is 0.777. The third kappa shape index (κ3) is 2.62. The highest BCUT2D eigenvalue weighted by Crippen LogP contribution is 2.26. The molecule has 0 atom stereocenters. The van der Waals surface area contributed by atoms with Gasteiger partial charge in [0.25, 0.3) is 0 Å². The van der Waals surface area contributed by atoms with Gasteiger partial charge in [-0.05, 0) is 13.8 Å². The summed E-state index contributed by atoms with van der Waals surface area (Å²) in [5.74, 6) is 0.585. The summed E-state index contributed by atoms with van der Waals surface area (Å²) in [6, 6.07) is 0. The molecule has 0 aromatic carbocycles. The van der Waals surface area contributed by atoms with E-state index in [0.29, 0.717) is 5.88 Å². The van der Waals surface area contributed by atoms with E-state index in [9.17, 15) is 0 Å². The topological polar surface area (TPSA) is 35.0 Å². The third-order valence-corrected chi connectivity index (χ3v) is 3.28. The van der Waals surface area contributed by atoms with E-state index in [1.54, 1.807) is 18.4 Å². The standard InChI is InChI=1S/C8H13ClN2OS/c1-8(2,12-3)7-11-10-6(13-7)4-5-9/h4-5H2,1-3H3. The summed E-state index contributed by atoms with van der Waals surface area (Å²) in [5, 5.41) is 9.95. The third-order valence-electron chi connectivity index (χ3n) is 1.80. The molecule has 0 fully saturated rings. The molecule has 0 aliphatic rings. The minimum atomic E-state index is -0.345. The second-order valence-corrected chi connectivity index (χ2v) is 4.59. The molecule has 1 aromatic rings. The smallest absolute Gasteiger partial charge is 0.148 e. The highest BCUT2D eigenvalue weighted by atomic mass is 35.5. The Morgan fingerprint density at radius 1 is 1.46 bits per heavy atom. The maximum absolute atomic E-state index is 5.60. The minimum Gasteiger partial charge on any atom is -0.372 e. The number of methoxy groups -OCH3 is 1. The fourth-order valence-corrected chi connectivity index (χ4v) is 1.98. The molecule has 0 N–H and O–H groups in total. The molecule has 74 valence electrons. The zero-order valence-corrected chi connectivity index (χ0v) is 9.58. The molecule has 0 amide bonds. The lowest BCUT2D eigenvalue weighted by Crippen LogP contribution is -2.18. The lowest BCUT2D eigenvalue weighted by molar-refractivity contribution is 0.0185. The number of hydrogen-bond acceptors (Lipinski definition) is 4. The van der Waals surface area contributed by atoms with E-state index in [0.717, 1.165) is 16.4 Å². The molecule has 1 aromatic heterocycles. The van der Waals surface area contributed by atoms with Crippen molar-refractivity contribution in [2.24, 2.45) is 0 Å². The number of nitrogens with zero attached hydrogens (tertiary/aromatic N) is 2. The fraction of sp³-hybridized carbons (Fsp3) is 0.750. The highest BCUT2D eigenvalue weighted by molar-refractivity contribution is 7.11. The molecule has 0 unspecified atom stereocenters. The van der Waals surface area contributed by atoms with Gasteiger partial charge in [0.05, 0.1) is 0 Å². The zero-order valence-electron chi connectivity index (χ0n) is 8.00. The van der Waals surface area contributed by atoms with Crippen molar-refractivity contribution in [2.75, 3.05) is 13.0 Å². The van der Waals surface area contributed by atoms with E-state index in [-0.39, 0.29) is 5.60 Å². The van der Waals surface area contributed by atoms with Crippen LogP contribution in [-0.4, -0.2) is 23.2 Å². The first kappa shape index (κ1) is 10.9. The first-order valence-corrected chi connectivity index (χ1v) is 5.39. The van der Waals surface area contributed by atoms with E-state index < -0.39 is 0 Å². The van der Waals surface area contributed by atoms with Crippen LogP contribution in [0.4, 0.5) is 0 Å². The predicted octanol–water partition coefficient (Wildman–Crippen LogP) is 2.20. The second kappa shape index (κ2) is 4.35. The van der Waals surface area contributed by atoms with Crippen LogP contribution in [0.2, 0.25) is 0 Å². The Morgan fingerprint density at radius 2 is 2.15 bits per heavy atom. The number of aryl methyl sites for hydroxylation is 1. The molecule has 0 radical (unpaired) electrons. The maximum atomic E-state index is 5.60. The fourth-order valence-electron chi connectivity index (χ4n) is 0.766. The van der Waals surface area contributed by atoms with Crippen LogP contribution in [0.5, 0.6) is 0 Å². The first-order chi connectivity index (χ1) is 6.10. The summed E-state index contributed by atoms with van der Waals surface area (Å²) in [4.78, 5) is 0. The van der Waals surface area contributed by atoms with Crippen molar-refractivity contribution in [3.8, 4) is 0 Å². The lowest BCUT2D eigenvalue weighted by atomic mass is 10.1. The van der Waals surface area contributed by atoms with Crippen molar-refractivity contribution < 1.29 is 4.74 Å². The largest absolute Gasteiger partial charge is 0.372 e. The number of hydrogen-bond donors (Lipinski definition) is 0. The van der Waals surface area contributed by atoms with Crippen molar-refractivity contribution >= 4 is 22.9 Å². The molecule has 1 heterocycles. The Balaban J connectivity index is 2.79. The highest BCUT2D eigenvalue weighted by Gasteiger charge is 2.24. The van der Waals surface area contributed by atoms with Gasteiger partial charge >= 0.3 is 0 Å². The number of alkyl halides is 1. The predicted molar refractivity (Wildman–Crippen MR) is 54.4 cm³/mol. The summed E-state index contributed by atoms with van der Waals surface area (Å²) in [6.45, 7) is 3.94. The molecule has 0 saturated heterocycles. The molecule has 0 spiro atoms. The van der Waals surface area contributed by atoms with Crippen LogP contribution in [0, 0.1) is 0 Å². The van der Waals surface area contributed by atoms with Gasteiger partial charge in [-0.2, -0.15) is 0 Å². The molecule has 0 bridgehead atoms. The Morgan fingerprint density at radius 3 is 2.69 bits per heavy atom. The Hall–Kier alpha value is -0.190. The number of halogens is 1. The van der Waals surface area contributed by atoms with Crippen LogP contribution in [-0.2, 0) is 16.8 Å².